The molecule has 6 rings (SSSR count). The molecular formula is C46H46F6. The second kappa shape index (κ2) is 12.4. The van der Waals surface area contributed by atoms with E-state index in [0.717, 1.165) is 62.9 Å². The van der Waals surface area contributed by atoms with Crippen molar-refractivity contribution < 1.29 is 26.3 Å². The Hall–Kier alpha value is -4.32. The molecule has 4 aromatic rings. The third kappa shape index (κ3) is 6.93. The topological polar surface area (TPSA) is 0 Å². The summed E-state index contributed by atoms with van der Waals surface area (Å²) >= 11 is 0. The fraction of sp³-hybridized carbons (Fsp3) is 0.348. The lowest BCUT2D eigenvalue weighted by atomic mass is 9.75. The van der Waals surface area contributed by atoms with E-state index in [2.05, 4.69) is 106 Å². The molecule has 6 heteroatoms. The minimum absolute atomic E-state index is 0.0162. The van der Waals surface area contributed by atoms with Gasteiger partial charge >= 0.3 is 12.4 Å². The second-order valence-electron chi connectivity index (χ2n) is 17.4. The quantitative estimate of drug-likeness (QED) is 0.163. The molecule has 4 aromatic carbocycles. The number of hydrogen-bond donors (Lipinski definition) is 0. The van der Waals surface area contributed by atoms with Crippen LogP contribution in [-0.4, -0.2) is 0 Å². The van der Waals surface area contributed by atoms with E-state index in [1.807, 2.05) is 6.07 Å². The molecule has 1 unspecified atom stereocenters. The van der Waals surface area contributed by atoms with Gasteiger partial charge in [0.25, 0.3) is 0 Å². The Labute approximate surface area is 303 Å². The van der Waals surface area contributed by atoms with Crippen molar-refractivity contribution in [2.75, 3.05) is 0 Å². The summed E-state index contributed by atoms with van der Waals surface area (Å²) in [6, 6.07) is 18.3. The van der Waals surface area contributed by atoms with Crippen LogP contribution in [0.4, 0.5) is 26.3 Å². The van der Waals surface area contributed by atoms with Crippen LogP contribution in [0.1, 0.15) is 114 Å². The SMILES string of the molecule is CC1C=C(C(C)(C)C)C=C1c1c(C(C)(C)C)c(=C(c2cccc(C(F)(F)F)c2)c2cccc(C(F)(F)F)c2)cc2c1=Cc1cc(C(C)(C)C)ccc1-2. The van der Waals surface area contributed by atoms with Crippen molar-refractivity contribution in [2.24, 2.45) is 11.3 Å². The Bertz CT molecular complexity index is 2210. The van der Waals surface area contributed by atoms with Crippen molar-refractivity contribution >= 4 is 17.2 Å². The predicted molar refractivity (Wildman–Crippen MR) is 201 cm³/mol. The summed E-state index contributed by atoms with van der Waals surface area (Å²) in [6.07, 6.45) is -2.58. The van der Waals surface area contributed by atoms with Gasteiger partial charge in [-0.15, -0.1) is 0 Å². The van der Waals surface area contributed by atoms with Crippen LogP contribution in [0.5, 0.6) is 0 Å². The van der Waals surface area contributed by atoms with Gasteiger partial charge in [0, 0.05) is 5.92 Å². The van der Waals surface area contributed by atoms with Crippen molar-refractivity contribution in [3.05, 3.63) is 145 Å². The van der Waals surface area contributed by atoms with E-state index < -0.39 is 28.9 Å². The Morgan fingerprint density at radius 1 is 0.558 bits per heavy atom. The summed E-state index contributed by atoms with van der Waals surface area (Å²) in [6.45, 7) is 21.3. The third-order valence-electron chi connectivity index (χ3n) is 10.2. The molecular weight excluding hydrogens is 666 g/mol. The maximum absolute atomic E-state index is 14.3. The third-order valence-corrected chi connectivity index (χ3v) is 10.2. The minimum Gasteiger partial charge on any atom is -0.166 e. The highest BCUT2D eigenvalue weighted by atomic mass is 19.4. The van der Waals surface area contributed by atoms with E-state index >= 15 is 0 Å². The van der Waals surface area contributed by atoms with Crippen LogP contribution >= 0.6 is 0 Å². The van der Waals surface area contributed by atoms with Gasteiger partial charge < -0.3 is 0 Å². The molecule has 0 aliphatic heterocycles. The van der Waals surface area contributed by atoms with E-state index in [1.165, 1.54) is 23.3 Å². The summed E-state index contributed by atoms with van der Waals surface area (Å²) in [5.41, 5.74) is 6.34. The van der Waals surface area contributed by atoms with Crippen molar-refractivity contribution in [1.82, 2.24) is 0 Å². The van der Waals surface area contributed by atoms with Gasteiger partial charge in [0.05, 0.1) is 11.1 Å². The highest BCUT2D eigenvalue weighted by Gasteiger charge is 2.35. The molecule has 0 nitrogen and oxygen atoms in total. The Balaban J connectivity index is 1.88. The summed E-state index contributed by atoms with van der Waals surface area (Å²) in [4.78, 5) is 0. The van der Waals surface area contributed by atoms with E-state index in [-0.39, 0.29) is 27.9 Å². The maximum atomic E-state index is 14.3. The van der Waals surface area contributed by atoms with Gasteiger partial charge in [0.15, 0.2) is 0 Å². The van der Waals surface area contributed by atoms with Crippen LogP contribution in [0.2, 0.25) is 0 Å². The van der Waals surface area contributed by atoms with E-state index in [1.54, 1.807) is 12.1 Å². The first-order valence-electron chi connectivity index (χ1n) is 17.7. The second-order valence-corrected chi connectivity index (χ2v) is 17.4. The Morgan fingerprint density at radius 2 is 1.12 bits per heavy atom. The molecule has 0 aromatic heterocycles. The number of rotatable bonds is 3. The number of fused-ring (bicyclic) bond motifs is 3. The van der Waals surface area contributed by atoms with Crippen LogP contribution in [0.25, 0.3) is 28.3 Å². The number of halogens is 6. The summed E-state index contributed by atoms with van der Waals surface area (Å²) in [5, 5.41) is 1.63. The van der Waals surface area contributed by atoms with Crippen LogP contribution < -0.4 is 10.4 Å². The standard InChI is InChI=1S/C46H46F6/c1-26-19-33(43(5,6)7)24-35(26)40-37-23-29-22-30(42(2,3)4)17-18-34(29)36(37)25-38(41(40)44(8,9)10)39(27-13-11-15-31(20-27)45(47,48)49)28-14-12-16-32(21-28)46(50,51)52/h11-26H,1-10H3. The van der Waals surface area contributed by atoms with Crippen LogP contribution in [-0.2, 0) is 23.2 Å². The fourth-order valence-corrected chi connectivity index (χ4v) is 7.55. The number of benzene rings is 4. The monoisotopic (exact) mass is 712 g/mol. The van der Waals surface area contributed by atoms with Crippen molar-refractivity contribution in [1.29, 1.82) is 0 Å². The molecule has 1 atom stereocenters. The minimum atomic E-state index is -4.65. The number of hydrogen-bond acceptors (Lipinski definition) is 0. The molecule has 0 saturated heterocycles. The van der Waals surface area contributed by atoms with E-state index in [4.69, 9.17) is 0 Å². The zero-order valence-electron chi connectivity index (χ0n) is 31.5. The fourth-order valence-electron chi connectivity index (χ4n) is 7.55. The number of allylic oxidation sites excluding steroid dienone is 4. The van der Waals surface area contributed by atoms with Gasteiger partial charge in [-0.05, 0) is 124 Å². The molecule has 2 aliphatic rings. The molecule has 2 aliphatic carbocycles. The van der Waals surface area contributed by atoms with Crippen molar-refractivity contribution in [3.63, 3.8) is 0 Å². The summed E-state index contributed by atoms with van der Waals surface area (Å²) in [5.74, 6) is 0.0162. The molecule has 52 heavy (non-hydrogen) atoms. The highest BCUT2D eigenvalue weighted by molar-refractivity contribution is 5.92. The lowest BCUT2D eigenvalue weighted by molar-refractivity contribution is -0.138. The first-order valence-corrected chi connectivity index (χ1v) is 17.7. The van der Waals surface area contributed by atoms with Crippen LogP contribution in [0.3, 0.4) is 0 Å². The average molecular weight is 713 g/mol. The first kappa shape index (κ1) is 37.4. The van der Waals surface area contributed by atoms with Crippen LogP contribution in [0, 0.1) is 11.3 Å². The van der Waals surface area contributed by atoms with Gasteiger partial charge in [-0.25, -0.2) is 0 Å². The van der Waals surface area contributed by atoms with Gasteiger partial charge in [-0.3, -0.25) is 0 Å². The van der Waals surface area contributed by atoms with E-state index in [9.17, 15) is 26.3 Å². The zero-order valence-corrected chi connectivity index (χ0v) is 31.5. The zero-order chi connectivity index (χ0) is 38.3. The lowest BCUT2D eigenvalue weighted by Crippen LogP contribution is -2.33. The normalized spacial score (nSPS) is 16.3. The van der Waals surface area contributed by atoms with Gasteiger partial charge in [0.2, 0.25) is 0 Å². The average Bonchev–Trinajstić information content (AvgIpc) is 3.59. The molecule has 0 radical (unpaired) electrons. The summed E-state index contributed by atoms with van der Waals surface area (Å²) < 4.78 is 85.5. The van der Waals surface area contributed by atoms with Crippen molar-refractivity contribution in [3.8, 4) is 11.1 Å². The highest BCUT2D eigenvalue weighted by Crippen LogP contribution is 2.44. The summed E-state index contributed by atoms with van der Waals surface area (Å²) in [7, 11) is 0. The smallest absolute Gasteiger partial charge is 0.166 e. The molecule has 0 fully saturated rings. The van der Waals surface area contributed by atoms with E-state index in [0.29, 0.717) is 10.8 Å². The van der Waals surface area contributed by atoms with Gasteiger partial charge in [-0.2, -0.15) is 26.3 Å². The lowest BCUT2D eigenvalue weighted by Gasteiger charge is -2.29. The molecule has 0 bridgehead atoms. The molecule has 0 heterocycles. The largest absolute Gasteiger partial charge is 0.416 e. The first-order chi connectivity index (χ1) is 23.9. The predicted octanol–water partition coefficient (Wildman–Crippen LogP) is 12.4. The Kier molecular flexibility index (Phi) is 8.92. The molecule has 272 valence electrons. The van der Waals surface area contributed by atoms with Gasteiger partial charge in [-0.1, -0.05) is 124 Å². The molecule has 0 N–H and O–H groups in total. The Morgan fingerprint density at radius 3 is 1.58 bits per heavy atom. The molecule has 0 spiro atoms. The maximum Gasteiger partial charge on any atom is 0.416 e. The van der Waals surface area contributed by atoms with Gasteiger partial charge in [0.1, 0.15) is 0 Å². The molecule has 0 saturated carbocycles. The number of alkyl halides is 6. The molecule has 0 amide bonds. The van der Waals surface area contributed by atoms with Crippen LogP contribution in [0.15, 0.2) is 90.5 Å². The van der Waals surface area contributed by atoms with Crippen molar-refractivity contribution in [2.45, 2.75) is 92.4 Å².